The van der Waals surface area contributed by atoms with E-state index in [2.05, 4.69) is 152 Å². The normalized spacial score (nSPS) is 11.7. The Labute approximate surface area is 253 Å². The molecule has 200 valence electrons. The number of aromatic nitrogens is 1. The van der Waals surface area contributed by atoms with Crippen LogP contribution in [-0.2, 0) is 0 Å². The number of hydrogen-bond donors (Lipinski definition) is 0. The topological polar surface area (TPSA) is 12.9 Å². The van der Waals surface area contributed by atoms with Gasteiger partial charge in [0.25, 0.3) is 0 Å². The molecule has 0 spiro atoms. The highest BCUT2D eigenvalue weighted by Gasteiger charge is 2.17. The Hall–Kier alpha value is -5.31. The van der Waals surface area contributed by atoms with Gasteiger partial charge in [0.1, 0.15) is 0 Å². The maximum absolute atomic E-state index is 5.09. The van der Waals surface area contributed by atoms with Gasteiger partial charge in [-0.05, 0) is 85.3 Å². The molecule has 43 heavy (non-hydrogen) atoms. The molecule has 0 bridgehead atoms. The van der Waals surface area contributed by atoms with Crippen LogP contribution in [0.3, 0.4) is 0 Å². The predicted molar refractivity (Wildman–Crippen MR) is 186 cm³/mol. The van der Waals surface area contributed by atoms with Crippen molar-refractivity contribution >= 4 is 64.1 Å². The van der Waals surface area contributed by atoms with Gasteiger partial charge in [0, 0.05) is 15.5 Å². The summed E-state index contributed by atoms with van der Waals surface area (Å²) in [6, 6.07) is 55.0. The molecular weight excluding hydrogens is 539 g/mol. The fourth-order valence-electron chi connectivity index (χ4n) is 6.67. The van der Waals surface area contributed by atoms with Crippen LogP contribution in [0.1, 0.15) is 0 Å². The largest absolute Gasteiger partial charge is 0.246 e. The Morgan fingerprint density at radius 3 is 1.65 bits per heavy atom. The second-order valence-electron chi connectivity index (χ2n) is 11.1. The SMILES string of the molecule is c1ccc(-c2c3ccccc3c(-c3ccccc3)c3cc(-c4ccc5nc6c(cc5c4)sc4ccccc46)ccc23)cc1. The number of rotatable bonds is 3. The lowest BCUT2D eigenvalue weighted by Crippen LogP contribution is -1.91. The zero-order valence-corrected chi connectivity index (χ0v) is 24.1. The molecule has 0 aliphatic rings. The monoisotopic (exact) mass is 563 g/mol. The van der Waals surface area contributed by atoms with Crippen LogP contribution in [0.2, 0.25) is 0 Å². The summed E-state index contributed by atoms with van der Waals surface area (Å²) in [5, 5.41) is 7.48. The van der Waals surface area contributed by atoms with E-state index in [0.717, 1.165) is 11.0 Å². The van der Waals surface area contributed by atoms with Crippen molar-refractivity contribution in [3.05, 3.63) is 152 Å². The van der Waals surface area contributed by atoms with Crippen LogP contribution in [0.15, 0.2) is 152 Å². The third-order valence-electron chi connectivity index (χ3n) is 8.62. The predicted octanol–water partition coefficient (Wildman–Crippen LogP) is 11.9. The molecule has 0 saturated carbocycles. The molecule has 2 aromatic heterocycles. The fourth-order valence-corrected chi connectivity index (χ4v) is 7.76. The van der Waals surface area contributed by atoms with Crippen molar-refractivity contribution in [1.82, 2.24) is 4.98 Å². The number of pyridine rings is 1. The number of fused-ring (bicyclic) bond motifs is 6. The van der Waals surface area contributed by atoms with Crippen LogP contribution in [0.25, 0.3) is 86.1 Å². The Bertz CT molecular complexity index is 2490. The van der Waals surface area contributed by atoms with Crippen LogP contribution in [0, 0.1) is 0 Å². The lowest BCUT2D eigenvalue weighted by molar-refractivity contribution is 1.53. The van der Waals surface area contributed by atoms with Crippen LogP contribution >= 0.6 is 11.3 Å². The van der Waals surface area contributed by atoms with Gasteiger partial charge < -0.3 is 0 Å². The molecule has 0 aliphatic carbocycles. The standard InChI is InChI=1S/C41H25NS/c1-3-11-26(12-4-1)39-31-15-7-8-16-32(31)40(27-13-5-2-6-14-27)35-24-29(19-21-33(35)39)28-20-22-36-30(23-28)25-38-41(42-36)34-17-9-10-18-37(34)43-38/h1-25H. The molecule has 2 heterocycles. The van der Waals surface area contributed by atoms with Crippen molar-refractivity contribution in [2.45, 2.75) is 0 Å². The van der Waals surface area contributed by atoms with Crippen molar-refractivity contribution in [2.24, 2.45) is 0 Å². The molecule has 2 heteroatoms. The minimum atomic E-state index is 1.03. The molecular formula is C41H25NS. The van der Waals surface area contributed by atoms with E-state index in [1.54, 1.807) is 0 Å². The van der Waals surface area contributed by atoms with Gasteiger partial charge in [-0.1, -0.05) is 121 Å². The summed E-state index contributed by atoms with van der Waals surface area (Å²) in [5.41, 5.74) is 9.56. The van der Waals surface area contributed by atoms with Crippen molar-refractivity contribution in [1.29, 1.82) is 0 Å². The van der Waals surface area contributed by atoms with Gasteiger partial charge in [-0.25, -0.2) is 4.98 Å². The minimum absolute atomic E-state index is 1.03. The van der Waals surface area contributed by atoms with E-state index in [-0.39, 0.29) is 0 Å². The van der Waals surface area contributed by atoms with Gasteiger partial charge in [-0.3, -0.25) is 0 Å². The Kier molecular flexibility index (Phi) is 5.44. The second-order valence-corrected chi connectivity index (χ2v) is 12.2. The van der Waals surface area contributed by atoms with Crippen LogP contribution in [0.5, 0.6) is 0 Å². The summed E-state index contributed by atoms with van der Waals surface area (Å²) in [7, 11) is 0. The van der Waals surface area contributed by atoms with E-state index in [1.165, 1.54) is 75.1 Å². The molecule has 0 N–H and O–H groups in total. The molecule has 9 aromatic rings. The zero-order chi connectivity index (χ0) is 28.3. The van der Waals surface area contributed by atoms with Crippen LogP contribution in [0.4, 0.5) is 0 Å². The third-order valence-corrected chi connectivity index (χ3v) is 9.73. The summed E-state index contributed by atoms with van der Waals surface area (Å²) in [6.45, 7) is 0. The quantitative estimate of drug-likeness (QED) is 0.195. The van der Waals surface area contributed by atoms with Gasteiger partial charge in [-0.15, -0.1) is 11.3 Å². The van der Waals surface area contributed by atoms with E-state index in [1.807, 2.05) is 11.3 Å². The molecule has 1 nitrogen and oxygen atoms in total. The number of thiophene rings is 1. The second kappa shape index (κ2) is 9.62. The van der Waals surface area contributed by atoms with Gasteiger partial charge in [0.05, 0.1) is 15.7 Å². The molecule has 7 aromatic carbocycles. The molecule has 0 amide bonds. The Morgan fingerprint density at radius 1 is 0.372 bits per heavy atom. The van der Waals surface area contributed by atoms with Crippen molar-refractivity contribution in [3.63, 3.8) is 0 Å². The summed E-state index contributed by atoms with van der Waals surface area (Å²) in [5.74, 6) is 0. The molecule has 0 saturated heterocycles. The number of hydrogen-bond acceptors (Lipinski definition) is 2. The lowest BCUT2D eigenvalue weighted by atomic mass is 9.85. The van der Waals surface area contributed by atoms with E-state index in [9.17, 15) is 0 Å². The summed E-state index contributed by atoms with van der Waals surface area (Å²) in [4.78, 5) is 5.09. The van der Waals surface area contributed by atoms with Gasteiger partial charge in [0.15, 0.2) is 0 Å². The van der Waals surface area contributed by atoms with Crippen molar-refractivity contribution in [3.8, 4) is 33.4 Å². The highest BCUT2D eigenvalue weighted by Crippen LogP contribution is 2.45. The van der Waals surface area contributed by atoms with Crippen LogP contribution < -0.4 is 0 Å². The summed E-state index contributed by atoms with van der Waals surface area (Å²) >= 11 is 1.82. The van der Waals surface area contributed by atoms with E-state index in [4.69, 9.17) is 4.98 Å². The summed E-state index contributed by atoms with van der Waals surface area (Å²) < 4.78 is 2.51. The molecule has 9 rings (SSSR count). The van der Waals surface area contributed by atoms with E-state index >= 15 is 0 Å². The van der Waals surface area contributed by atoms with Crippen molar-refractivity contribution in [2.75, 3.05) is 0 Å². The first-order valence-electron chi connectivity index (χ1n) is 14.6. The lowest BCUT2D eigenvalue weighted by Gasteiger charge is -2.18. The molecule has 0 aliphatic heterocycles. The van der Waals surface area contributed by atoms with Gasteiger partial charge in [0.2, 0.25) is 0 Å². The average molecular weight is 564 g/mol. The van der Waals surface area contributed by atoms with Crippen LogP contribution in [-0.4, -0.2) is 4.98 Å². The highest BCUT2D eigenvalue weighted by atomic mass is 32.1. The molecule has 0 unspecified atom stereocenters. The molecule has 0 fully saturated rings. The zero-order valence-electron chi connectivity index (χ0n) is 23.3. The first-order valence-corrected chi connectivity index (χ1v) is 15.5. The number of benzene rings is 7. The van der Waals surface area contributed by atoms with Gasteiger partial charge in [-0.2, -0.15) is 0 Å². The maximum Gasteiger partial charge on any atom is 0.0896 e. The van der Waals surface area contributed by atoms with E-state index in [0.29, 0.717) is 0 Å². The fraction of sp³-hybridized carbons (Fsp3) is 0. The molecule has 0 radical (unpaired) electrons. The Balaban J connectivity index is 1.32. The number of nitrogens with zero attached hydrogens (tertiary/aromatic N) is 1. The van der Waals surface area contributed by atoms with Gasteiger partial charge >= 0.3 is 0 Å². The molecule has 0 atom stereocenters. The first kappa shape index (κ1) is 24.3. The minimum Gasteiger partial charge on any atom is -0.246 e. The first-order chi connectivity index (χ1) is 21.3. The summed E-state index contributed by atoms with van der Waals surface area (Å²) in [6.07, 6.45) is 0. The van der Waals surface area contributed by atoms with Crippen molar-refractivity contribution < 1.29 is 0 Å². The van der Waals surface area contributed by atoms with E-state index < -0.39 is 0 Å². The average Bonchev–Trinajstić information content (AvgIpc) is 3.43. The third kappa shape index (κ3) is 3.88. The Morgan fingerprint density at radius 2 is 0.930 bits per heavy atom. The highest BCUT2D eigenvalue weighted by molar-refractivity contribution is 7.25. The smallest absolute Gasteiger partial charge is 0.0896 e. The maximum atomic E-state index is 5.09.